The van der Waals surface area contributed by atoms with E-state index in [1.807, 2.05) is 18.5 Å². The molecular weight excluding hydrogens is 200 g/mol. The fourth-order valence-corrected chi connectivity index (χ4v) is 2.28. The summed E-state index contributed by atoms with van der Waals surface area (Å²) in [5, 5.41) is 0.357. The molecule has 0 bridgehead atoms. The average Bonchev–Trinajstić information content (AvgIpc) is 2.19. The number of hydrogen-bond acceptors (Lipinski definition) is 2. The van der Waals surface area contributed by atoms with Gasteiger partial charge in [-0.25, -0.2) is 0 Å². The molecule has 2 radical (unpaired) electrons. The van der Waals surface area contributed by atoms with Gasteiger partial charge in [0.1, 0.15) is 9.68 Å². The van der Waals surface area contributed by atoms with Crippen LogP contribution in [0.25, 0.3) is 0 Å². The van der Waals surface area contributed by atoms with Crippen molar-refractivity contribution in [2.75, 3.05) is 0 Å². The van der Waals surface area contributed by atoms with Crippen LogP contribution >= 0.6 is 0 Å². The van der Waals surface area contributed by atoms with Gasteiger partial charge in [-0.2, -0.15) is 0 Å². The largest absolute Gasteiger partial charge is 0.332 e. The van der Waals surface area contributed by atoms with Gasteiger partial charge >= 0.3 is 0 Å². The SMILES string of the molecule is CC[C@@H](N[Si]C(C)(C)C)c1cccnc1. The van der Waals surface area contributed by atoms with Crippen molar-refractivity contribution < 1.29 is 0 Å². The van der Waals surface area contributed by atoms with E-state index >= 15 is 0 Å². The second-order valence-electron chi connectivity index (χ2n) is 4.77. The first-order chi connectivity index (χ1) is 7.03. The van der Waals surface area contributed by atoms with Gasteiger partial charge in [-0.3, -0.25) is 4.98 Å². The zero-order chi connectivity index (χ0) is 11.3. The Labute approximate surface area is 95.4 Å². The highest BCUT2D eigenvalue weighted by molar-refractivity contribution is 6.36. The molecule has 0 saturated heterocycles. The maximum absolute atomic E-state index is 4.16. The Morgan fingerprint density at radius 1 is 1.47 bits per heavy atom. The minimum absolute atomic E-state index is 0.357. The second-order valence-corrected chi connectivity index (χ2v) is 6.81. The highest BCUT2D eigenvalue weighted by atomic mass is 28.2. The number of nitrogens with zero attached hydrogens (tertiary/aromatic N) is 1. The molecule has 3 heteroatoms. The van der Waals surface area contributed by atoms with Gasteiger partial charge in [0, 0.05) is 18.4 Å². The third kappa shape index (κ3) is 4.58. The first-order valence-electron chi connectivity index (χ1n) is 5.45. The minimum atomic E-state index is 0.357. The molecule has 1 rings (SSSR count). The van der Waals surface area contributed by atoms with Crippen molar-refractivity contribution >= 4 is 9.68 Å². The lowest BCUT2D eigenvalue weighted by Gasteiger charge is -2.22. The lowest BCUT2D eigenvalue weighted by atomic mass is 10.1. The molecule has 1 aromatic rings. The van der Waals surface area contributed by atoms with Crippen LogP contribution in [0.3, 0.4) is 0 Å². The number of hydrogen-bond donors (Lipinski definition) is 1. The van der Waals surface area contributed by atoms with Crippen molar-refractivity contribution in [3.63, 3.8) is 0 Å². The van der Waals surface area contributed by atoms with Crippen LogP contribution in [-0.2, 0) is 0 Å². The molecule has 0 saturated carbocycles. The third-order valence-electron chi connectivity index (χ3n) is 2.12. The third-order valence-corrected chi connectivity index (χ3v) is 3.36. The monoisotopic (exact) mass is 220 g/mol. The standard InChI is InChI=1S/C12H20N2Si/c1-5-11(14-15-12(2,3)4)10-7-6-8-13-9-10/h6-9,11,14H,5H2,1-4H3/t11-/m1/s1. The maximum atomic E-state index is 4.16. The zero-order valence-corrected chi connectivity index (χ0v) is 11.0. The van der Waals surface area contributed by atoms with Crippen LogP contribution in [0.2, 0.25) is 5.04 Å². The van der Waals surface area contributed by atoms with Crippen molar-refractivity contribution in [2.24, 2.45) is 0 Å². The van der Waals surface area contributed by atoms with Gasteiger partial charge in [-0.1, -0.05) is 33.8 Å². The molecule has 1 heterocycles. The number of pyridine rings is 1. The topological polar surface area (TPSA) is 24.9 Å². The van der Waals surface area contributed by atoms with Gasteiger partial charge in [0.15, 0.2) is 0 Å². The van der Waals surface area contributed by atoms with Gasteiger partial charge in [0.25, 0.3) is 0 Å². The molecule has 0 unspecified atom stereocenters. The Balaban J connectivity index is 2.58. The van der Waals surface area contributed by atoms with E-state index in [1.54, 1.807) is 0 Å². The van der Waals surface area contributed by atoms with E-state index in [0.717, 1.165) is 16.1 Å². The summed E-state index contributed by atoms with van der Waals surface area (Å²) < 4.78 is 0. The Morgan fingerprint density at radius 2 is 2.20 bits per heavy atom. The van der Waals surface area contributed by atoms with Crippen LogP contribution in [0, 0.1) is 0 Å². The fraction of sp³-hybridized carbons (Fsp3) is 0.583. The first kappa shape index (κ1) is 12.4. The van der Waals surface area contributed by atoms with Crippen LogP contribution in [0.15, 0.2) is 24.5 Å². The van der Waals surface area contributed by atoms with Gasteiger partial charge < -0.3 is 4.98 Å². The number of rotatable bonds is 4. The summed E-state index contributed by atoms with van der Waals surface area (Å²) in [5.41, 5.74) is 1.29. The van der Waals surface area contributed by atoms with E-state index in [2.05, 4.69) is 43.7 Å². The van der Waals surface area contributed by atoms with Gasteiger partial charge in [0.2, 0.25) is 0 Å². The van der Waals surface area contributed by atoms with Crippen molar-refractivity contribution in [1.82, 2.24) is 9.97 Å². The predicted octanol–water partition coefficient (Wildman–Crippen LogP) is 2.96. The molecular formula is C12H20N2Si. The lowest BCUT2D eigenvalue weighted by molar-refractivity contribution is 0.612. The Bertz CT molecular complexity index is 279. The molecule has 0 aliphatic carbocycles. The van der Waals surface area contributed by atoms with Gasteiger partial charge in [-0.15, -0.1) is 0 Å². The fourth-order valence-electron chi connectivity index (χ4n) is 1.31. The maximum Gasteiger partial charge on any atom is 0.145 e. The number of aromatic nitrogens is 1. The lowest BCUT2D eigenvalue weighted by Crippen LogP contribution is -2.30. The molecule has 0 fully saturated rings. The van der Waals surface area contributed by atoms with Crippen LogP contribution in [-0.4, -0.2) is 14.7 Å². The van der Waals surface area contributed by atoms with E-state index in [0.29, 0.717) is 11.1 Å². The van der Waals surface area contributed by atoms with E-state index in [4.69, 9.17) is 0 Å². The van der Waals surface area contributed by atoms with Gasteiger partial charge in [-0.05, 0) is 23.1 Å². The van der Waals surface area contributed by atoms with Crippen LogP contribution in [0.1, 0.15) is 45.7 Å². The number of nitrogens with one attached hydrogen (secondary N) is 1. The molecule has 82 valence electrons. The Morgan fingerprint density at radius 3 is 2.67 bits per heavy atom. The molecule has 0 aliphatic heterocycles. The summed E-state index contributed by atoms with van der Waals surface area (Å²) in [4.78, 5) is 7.77. The van der Waals surface area contributed by atoms with Crippen LogP contribution in [0.4, 0.5) is 0 Å². The predicted molar refractivity (Wildman–Crippen MR) is 65.9 cm³/mol. The van der Waals surface area contributed by atoms with Crippen molar-refractivity contribution in [3.8, 4) is 0 Å². The zero-order valence-electron chi connectivity index (χ0n) is 10.0. The van der Waals surface area contributed by atoms with Crippen molar-refractivity contribution in [3.05, 3.63) is 30.1 Å². The molecule has 0 amide bonds. The molecule has 2 nitrogen and oxygen atoms in total. The summed E-state index contributed by atoms with van der Waals surface area (Å²) in [7, 11) is 0.776. The van der Waals surface area contributed by atoms with Crippen LogP contribution < -0.4 is 4.98 Å². The summed E-state index contributed by atoms with van der Waals surface area (Å²) >= 11 is 0. The van der Waals surface area contributed by atoms with E-state index in [1.165, 1.54) is 5.56 Å². The molecule has 1 aromatic heterocycles. The summed E-state index contributed by atoms with van der Waals surface area (Å²) in [6.07, 6.45) is 4.88. The normalized spacial score (nSPS) is 13.9. The summed E-state index contributed by atoms with van der Waals surface area (Å²) in [6.45, 7) is 8.98. The minimum Gasteiger partial charge on any atom is -0.332 e. The molecule has 0 spiro atoms. The average molecular weight is 220 g/mol. The molecule has 1 atom stereocenters. The van der Waals surface area contributed by atoms with Gasteiger partial charge in [0.05, 0.1) is 0 Å². The second kappa shape index (κ2) is 5.42. The molecule has 0 aliphatic rings. The smallest absolute Gasteiger partial charge is 0.145 e. The molecule has 15 heavy (non-hydrogen) atoms. The van der Waals surface area contributed by atoms with Crippen molar-refractivity contribution in [1.29, 1.82) is 0 Å². The first-order valence-corrected chi connectivity index (χ1v) is 6.45. The summed E-state index contributed by atoms with van der Waals surface area (Å²) in [5.74, 6) is 0. The van der Waals surface area contributed by atoms with E-state index < -0.39 is 0 Å². The summed E-state index contributed by atoms with van der Waals surface area (Å²) in [6, 6.07) is 4.58. The quantitative estimate of drug-likeness (QED) is 0.789. The highest BCUT2D eigenvalue weighted by Crippen LogP contribution is 2.21. The molecule has 0 aromatic carbocycles. The highest BCUT2D eigenvalue weighted by Gasteiger charge is 2.16. The van der Waals surface area contributed by atoms with E-state index in [-0.39, 0.29) is 0 Å². The van der Waals surface area contributed by atoms with E-state index in [9.17, 15) is 0 Å². The molecule has 1 N–H and O–H groups in total. The van der Waals surface area contributed by atoms with Crippen LogP contribution in [0.5, 0.6) is 0 Å². The Hall–Kier alpha value is -0.673. The Kier molecular flexibility index (Phi) is 4.48. The van der Waals surface area contributed by atoms with Crippen molar-refractivity contribution in [2.45, 2.75) is 45.2 Å².